The summed E-state index contributed by atoms with van der Waals surface area (Å²) in [6.07, 6.45) is 18.7. The molecule has 0 spiro atoms. The first kappa shape index (κ1) is 31.1. The van der Waals surface area contributed by atoms with Crippen LogP contribution in [0.3, 0.4) is 0 Å². The number of hydrogen-bond donors (Lipinski definition) is 4. The van der Waals surface area contributed by atoms with Crippen LogP contribution < -0.4 is 21.9 Å². The van der Waals surface area contributed by atoms with Gasteiger partial charge in [-0.2, -0.15) is 0 Å². The normalized spacial score (nSPS) is 10.6. The molecule has 4 amide bonds. The molecule has 8 nitrogen and oxygen atoms in total. The van der Waals surface area contributed by atoms with Gasteiger partial charge in [0, 0.05) is 6.42 Å². The maximum Gasteiger partial charge on any atom is 0.250 e. The van der Waals surface area contributed by atoms with Crippen LogP contribution in [0.1, 0.15) is 126 Å². The van der Waals surface area contributed by atoms with Crippen molar-refractivity contribution in [1.29, 1.82) is 0 Å². The molecule has 0 aromatic heterocycles. The summed E-state index contributed by atoms with van der Waals surface area (Å²) in [5, 5.41) is 2.48. The summed E-state index contributed by atoms with van der Waals surface area (Å²) in [6, 6.07) is 6.27. The molecule has 5 N–H and O–H groups in total. The van der Waals surface area contributed by atoms with E-state index in [1.807, 2.05) is 0 Å². The first-order valence-corrected chi connectivity index (χ1v) is 13.7. The quantitative estimate of drug-likeness (QED) is 0.106. The predicted molar refractivity (Wildman–Crippen MR) is 144 cm³/mol. The van der Waals surface area contributed by atoms with E-state index in [0.717, 1.165) is 19.3 Å². The van der Waals surface area contributed by atoms with Crippen LogP contribution in [0, 0.1) is 0 Å². The van der Waals surface area contributed by atoms with Gasteiger partial charge in [0.05, 0.1) is 11.3 Å². The van der Waals surface area contributed by atoms with Crippen LogP contribution in [-0.2, 0) is 14.4 Å². The number of hydrogen-bond acceptors (Lipinski definition) is 4. The van der Waals surface area contributed by atoms with E-state index >= 15 is 0 Å². The zero-order valence-corrected chi connectivity index (χ0v) is 22.0. The van der Waals surface area contributed by atoms with Crippen molar-refractivity contribution in [3.8, 4) is 0 Å². The van der Waals surface area contributed by atoms with Gasteiger partial charge in [0.25, 0.3) is 5.91 Å². The van der Waals surface area contributed by atoms with Crippen molar-refractivity contribution in [2.45, 2.75) is 116 Å². The van der Waals surface area contributed by atoms with Gasteiger partial charge in [-0.25, -0.2) is 0 Å². The van der Waals surface area contributed by atoms with E-state index in [1.165, 1.54) is 89.2 Å². The van der Waals surface area contributed by atoms with Gasteiger partial charge >= 0.3 is 0 Å². The van der Waals surface area contributed by atoms with Crippen molar-refractivity contribution in [2.75, 3.05) is 5.32 Å². The highest BCUT2D eigenvalue weighted by Crippen LogP contribution is 2.15. The molecule has 0 saturated heterocycles. The molecule has 0 aliphatic heterocycles. The van der Waals surface area contributed by atoms with Gasteiger partial charge in [-0.3, -0.25) is 30.0 Å². The predicted octanol–water partition coefficient (Wildman–Crippen LogP) is 5.52. The second kappa shape index (κ2) is 20.3. The average molecular weight is 503 g/mol. The first-order valence-electron chi connectivity index (χ1n) is 13.7. The molecule has 36 heavy (non-hydrogen) atoms. The smallest absolute Gasteiger partial charge is 0.250 e. The second-order valence-corrected chi connectivity index (χ2v) is 9.43. The lowest BCUT2D eigenvalue weighted by molar-refractivity contribution is -0.131. The Morgan fingerprint density at radius 2 is 1.11 bits per heavy atom. The minimum atomic E-state index is -0.679. The molecule has 0 atom stereocenters. The van der Waals surface area contributed by atoms with Crippen molar-refractivity contribution in [3.63, 3.8) is 0 Å². The maximum atomic E-state index is 12.0. The highest BCUT2D eigenvalue weighted by Gasteiger charge is 2.14. The molecule has 0 unspecified atom stereocenters. The number of primary amides is 1. The number of anilines is 1. The lowest BCUT2D eigenvalue weighted by Crippen LogP contribution is -2.42. The van der Waals surface area contributed by atoms with Gasteiger partial charge in [-0.05, 0) is 18.6 Å². The Morgan fingerprint density at radius 1 is 0.639 bits per heavy atom. The van der Waals surface area contributed by atoms with Crippen molar-refractivity contribution >= 4 is 29.3 Å². The molecule has 0 fully saturated rings. The number of carbonyl (C=O) groups is 4. The molecule has 202 valence electrons. The average Bonchev–Trinajstić information content (AvgIpc) is 2.85. The summed E-state index contributed by atoms with van der Waals surface area (Å²) in [6.45, 7) is 2.25. The highest BCUT2D eigenvalue weighted by molar-refractivity contribution is 6.07. The molecule has 1 aromatic rings. The molecular weight excluding hydrogens is 456 g/mol. The largest absolute Gasteiger partial charge is 0.366 e. The summed E-state index contributed by atoms with van der Waals surface area (Å²) in [5.41, 5.74) is 10.2. The fourth-order valence-corrected chi connectivity index (χ4v) is 4.05. The lowest BCUT2D eigenvalue weighted by atomic mass is 10.0. The number of rotatable bonds is 20. The van der Waals surface area contributed by atoms with Gasteiger partial charge in [-0.1, -0.05) is 109 Å². The Hall–Kier alpha value is -2.90. The van der Waals surface area contributed by atoms with E-state index in [9.17, 15) is 19.2 Å². The van der Waals surface area contributed by atoms with Crippen LogP contribution >= 0.6 is 0 Å². The molecular formula is C28H46N4O4. The molecule has 1 aromatic carbocycles. The molecule has 8 heteroatoms. The van der Waals surface area contributed by atoms with Gasteiger partial charge < -0.3 is 11.1 Å². The minimum Gasteiger partial charge on any atom is -0.366 e. The lowest BCUT2D eigenvalue weighted by Gasteiger charge is -2.10. The van der Waals surface area contributed by atoms with E-state index < -0.39 is 24.1 Å². The number of benzene rings is 1. The number of unbranched alkanes of at least 4 members (excludes halogenated alkanes) is 14. The van der Waals surface area contributed by atoms with E-state index in [0.29, 0.717) is 6.42 Å². The third kappa shape index (κ3) is 15.9. The summed E-state index contributed by atoms with van der Waals surface area (Å²) < 4.78 is 0. The molecule has 0 heterocycles. The van der Waals surface area contributed by atoms with Crippen LogP contribution in [0.2, 0.25) is 0 Å². The minimum absolute atomic E-state index is 0.156. The Bertz CT molecular complexity index is 798. The zero-order chi connectivity index (χ0) is 26.4. The van der Waals surface area contributed by atoms with E-state index in [4.69, 9.17) is 5.73 Å². The van der Waals surface area contributed by atoms with E-state index in [1.54, 1.807) is 12.1 Å². The molecule has 0 bridgehead atoms. The summed E-state index contributed by atoms with van der Waals surface area (Å²) >= 11 is 0. The van der Waals surface area contributed by atoms with E-state index in [2.05, 4.69) is 23.1 Å². The summed E-state index contributed by atoms with van der Waals surface area (Å²) in [5.74, 6) is -2.22. The molecule has 0 aliphatic rings. The SMILES string of the molecule is CCCCCCCCCCCCCCCCCC(=O)NNC(=O)CC(=O)Nc1ccccc1C(N)=O. The molecule has 0 radical (unpaired) electrons. The van der Waals surface area contributed by atoms with Crippen molar-refractivity contribution in [3.05, 3.63) is 29.8 Å². The number of carbonyl (C=O) groups excluding carboxylic acids is 4. The van der Waals surface area contributed by atoms with Crippen LogP contribution in [0.15, 0.2) is 24.3 Å². The summed E-state index contributed by atoms with van der Waals surface area (Å²) in [7, 11) is 0. The number of amides is 4. The fourth-order valence-electron chi connectivity index (χ4n) is 4.05. The van der Waals surface area contributed by atoms with Crippen molar-refractivity contribution in [2.24, 2.45) is 5.73 Å². The highest BCUT2D eigenvalue weighted by atomic mass is 16.2. The van der Waals surface area contributed by atoms with Gasteiger partial charge in [0.1, 0.15) is 6.42 Å². The number of nitrogens with two attached hydrogens (primary N) is 1. The van der Waals surface area contributed by atoms with Crippen molar-refractivity contribution < 1.29 is 19.2 Å². The van der Waals surface area contributed by atoms with Gasteiger partial charge in [-0.15, -0.1) is 0 Å². The molecule has 0 aliphatic carbocycles. The number of nitrogens with one attached hydrogen (secondary N) is 3. The van der Waals surface area contributed by atoms with Gasteiger partial charge in [0.15, 0.2) is 0 Å². The Labute approximate surface area is 216 Å². The first-order chi connectivity index (χ1) is 17.4. The van der Waals surface area contributed by atoms with Crippen LogP contribution in [-0.4, -0.2) is 23.6 Å². The van der Waals surface area contributed by atoms with E-state index in [-0.39, 0.29) is 17.2 Å². The van der Waals surface area contributed by atoms with Crippen LogP contribution in [0.4, 0.5) is 5.69 Å². The second-order valence-electron chi connectivity index (χ2n) is 9.43. The standard InChI is InChI=1S/C28H46N4O4/c1-2-3-4-5-6-7-8-9-10-11-12-13-14-15-16-21-25(33)31-32-27(35)22-26(34)30-24-20-18-17-19-23(24)28(29)36/h17-20H,2-16,21-22H2,1H3,(H2,29,36)(H,30,34)(H,31,33)(H,32,35). The zero-order valence-electron chi connectivity index (χ0n) is 22.0. The summed E-state index contributed by atoms with van der Waals surface area (Å²) in [4.78, 5) is 47.2. The van der Waals surface area contributed by atoms with Gasteiger partial charge in [0.2, 0.25) is 17.7 Å². The third-order valence-electron chi connectivity index (χ3n) is 6.14. The fraction of sp³-hybridized carbons (Fsp3) is 0.643. The Balaban J connectivity index is 1.98. The Kier molecular flexibility index (Phi) is 17.6. The third-order valence-corrected chi connectivity index (χ3v) is 6.14. The molecule has 1 rings (SSSR count). The maximum absolute atomic E-state index is 12.0. The number of hydrazine groups is 1. The van der Waals surface area contributed by atoms with Crippen LogP contribution in [0.25, 0.3) is 0 Å². The Morgan fingerprint density at radius 3 is 1.64 bits per heavy atom. The molecule has 0 saturated carbocycles. The monoisotopic (exact) mass is 502 g/mol. The van der Waals surface area contributed by atoms with Crippen molar-refractivity contribution in [1.82, 2.24) is 10.9 Å². The topological polar surface area (TPSA) is 130 Å². The van der Waals surface area contributed by atoms with Crippen LogP contribution in [0.5, 0.6) is 0 Å². The number of para-hydroxylation sites is 1.